The van der Waals surface area contributed by atoms with Crippen molar-refractivity contribution >= 4 is 22.4 Å². The van der Waals surface area contributed by atoms with Gasteiger partial charge in [-0.05, 0) is 55.8 Å². The number of piperidine rings is 1. The number of fused-ring (bicyclic) bond motifs is 1. The van der Waals surface area contributed by atoms with Gasteiger partial charge in [0.25, 0.3) is 0 Å². The summed E-state index contributed by atoms with van der Waals surface area (Å²) in [5.41, 5.74) is 0.877. The third-order valence-corrected chi connectivity index (χ3v) is 4.33. The number of carbonyl (C=O) groups is 1. The van der Waals surface area contributed by atoms with Crippen LogP contribution in [-0.2, 0) is 4.79 Å². The lowest BCUT2D eigenvalue weighted by Crippen LogP contribution is -2.44. The van der Waals surface area contributed by atoms with Gasteiger partial charge in [0.2, 0.25) is 5.91 Å². The molecule has 1 heterocycles. The van der Waals surface area contributed by atoms with Crippen molar-refractivity contribution in [2.24, 2.45) is 0 Å². The number of rotatable bonds is 3. The Labute approximate surface area is 125 Å². The van der Waals surface area contributed by atoms with Gasteiger partial charge in [-0.3, -0.25) is 9.69 Å². The monoisotopic (exact) mass is 282 g/mol. The minimum absolute atomic E-state index is 0.0585. The quantitative estimate of drug-likeness (QED) is 0.932. The summed E-state index contributed by atoms with van der Waals surface area (Å²) < 4.78 is 0. The maximum atomic E-state index is 12.4. The van der Waals surface area contributed by atoms with Crippen LogP contribution in [0.25, 0.3) is 10.8 Å². The Morgan fingerprint density at radius 1 is 1.05 bits per heavy atom. The molecule has 0 aliphatic carbocycles. The molecule has 1 aliphatic rings. The first-order valence-electron chi connectivity index (χ1n) is 7.78. The Kier molecular flexibility index (Phi) is 4.20. The lowest BCUT2D eigenvalue weighted by molar-refractivity contribution is -0.121. The predicted octanol–water partition coefficient (Wildman–Crippen LogP) is 3.65. The van der Waals surface area contributed by atoms with E-state index < -0.39 is 0 Å². The van der Waals surface area contributed by atoms with Gasteiger partial charge in [-0.1, -0.05) is 36.8 Å². The molecule has 0 radical (unpaired) electrons. The van der Waals surface area contributed by atoms with Gasteiger partial charge in [0, 0.05) is 5.69 Å². The van der Waals surface area contributed by atoms with Crippen LogP contribution in [-0.4, -0.2) is 29.9 Å². The van der Waals surface area contributed by atoms with Crippen LogP contribution in [0.4, 0.5) is 5.69 Å². The van der Waals surface area contributed by atoms with E-state index in [1.165, 1.54) is 24.6 Å². The van der Waals surface area contributed by atoms with E-state index in [1.54, 1.807) is 0 Å². The molecule has 1 aliphatic heterocycles. The largest absolute Gasteiger partial charge is 0.325 e. The van der Waals surface area contributed by atoms with Gasteiger partial charge >= 0.3 is 0 Å². The molecule has 1 N–H and O–H groups in total. The van der Waals surface area contributed by atoms with Crippen LogP contribution in [0.3, 0.4) is 0 Å². The van der Waals surface area contributed by atoms with Crippen molar-refractivity contribution in [2.75, 3.05) is 18.4 Å². The van der Waals surface area contributed by atoms with Gasteiger partial charge < -0.3 is 5.32 Å². The second kappa shape index (κ2) is 6.27. The molecule has 1 atom stereocenters. The normalized spacial score (nSPS) is 17.6. The molecule has 21 heavy (non-hydrogen) atoms. The molecule has 0 aromatic heterocycles. The number of hydrogen-bond acceptors (Lipinski definition) is 2. The lowest BCUT2D eigenvalue weighted by Gasteiger charge is -2.31. The van der Waals surface area contributed by atoms with Gasteiger partial charge in [0.15, 0.2) is 0 Å². The Morgan fingerprint density at radius 3 is 2.52 bits per heavy atom. The minimum Gasteiger partial charge on any atom is -0.325 e. The second-order valence-electron chi connectivity index (χ2n) is 5.82. The summed E-state index contributed by atoms with van der Waals surface area (Å²) in [5, 5.41) is 5.40. The highest BCUT2D eigenvalue weighted by Gasteiger charge is 2.22. The van der Waals surface area contributed by atoms with Crippen molar-refractivity contribution in [2.45, 2.75) is 32.2 Å². The number of nitrogens with one attached hydrogen (secondary N) is 1. The Morgan fingerprint density at radius 2 is 1.76 bits per heavy atom. The van der Waals surface area contributed by atoms with E-state index >= 15 is 0 Å². The van der Waals surface area contributed by atoms with Crippen molar-refractivity contribution in [1.29, 1.82) is 0 Å². The molecule has 3 rings (SSSR count). The van der Waals surface area contributed by atoms with E-state index in [2.05, 4.69) is 28.4 Å². The lowest BCUT2D eigenvalue weighted by atomic mass is 10.1. The zero-order valence-electron chi connectivity index (χ0n) is 12.5. The molecular formula is C18H22N2O. The minimum atomic E-state index is -0.0585. The average molecular weight is 282 g/mol. The summed E-state index contributed by atoms with van der Waals surface area (Å²) in [4.78, 5) is 14.7. The molecule has 0 bridgehead atoms. The molecule has 0 saturated carbocycles. The molecule has 1 fully saturated rings. The van der Waals surface area contributed by atoms with E-state index in [1.807, 2.05) is 31.2 Å². The highest BCUT2D eigenvalue weighted by Crippen LogP contribution is 2.20. The second-order valence-corrected chi connectivity index (χ2v) is 5.82. The fourth-order valence-corrected chi connectivity index (χ4v) is 2.99. The van der Waals surface area contributed by atoms with Crippen molar-refractivity contribution < 1.29 is 4.79 Å². The SMILES string of the molecule is C[C@@H](C(=O)Nc1ccc2ccccc2c1)N1CCCCC1. The predicted molar refractivity (Wildman–Crippen MR) is 87.5 cm³/mol. The van der Waals surface area contributed by atoms with E-state index in [4.69, 9.17) is 0 Å². The maximum Gasteiger partial charge on any atom is 0.241 e. The molecule has 2 aromatic carbocycles. The van der Waals surface area contributed by atoms with Crippen LogP contribution < -0.4 is 5.32 Å². The zero-order valence-corrected chi connectivity index (χ0v) is 12.5. The topological polar surface area (TPSA) is 32.3 Å². The van der Waals surface area contributed by atoms with E-state index in [0.29, 0.717) is 0 Å². The first kappa shape index (κ1) is 14.1. The number of hydrogen-bond donors (Lipinski definition) is 1. The third kappa shape index (κ3) is 3.24. The number of benzene rings is 2. The van der Waals surface area contributed by atoms with Gasteiger partial charge in [0.1, 0.15) is 0 Å². The maximum absolute atomic E-state index is 12.4. The highest BCUT2D eigenvalue weighted by atomic mass is 16.2. The fraction of sp³-hybridized carbons (Fsp3) is 0.389. The zero-order chi connectivity index (χ0) is 14.7. The van der Waals surface area contributed by atoms with Crippen molar-refractivity contribution in [3.05, 3.63) is 42.5 Å². The summed E-state index contributed by atoms with van der Waals surface area (Å²) >= 11 is 0. The van der Waals surface area contributed by atoms with Gasteiger partial charge in [-0.15, -0.1) is 0 Å². The summed E-state index contributed by atoms with van der Waals surface area (Å²) in [6.07, 6.45) is 3.69. The van der Waals surface area contributed by atoms with Crippen LogP contribution in [0, 0.1) is 0 Å². The van der Waals surface area contributed by atoms with Crippen LogP contribution in [0.1, 0.15) is 26.2 Å². The number of carbonyl (C=O) groups excluding carboxylic acids is 1. The molecule has 3 nitrogen and oxygen atoms in total. The number of amides is 1. The molecule has 2 aromatic rings. The molecule has 3 heteroatoms. The van der Waals surface area contributed by atoms with Crippen LogP contribution in [0.2, 0.25) is 0 Å². The first-order chi connectivity index (χ1) is 10.2. The molecule has 0 unspecified atom stereocenters. The Balaban J connectivity index is 1.70. The van der Waals surface area contributed by atoms with Crippen LogP contribution in [0.5, 0.6) is 0 Å². The van der Waals surface area contributed by atoms with E-state index in [-0.39, 0.29) is 11.9 Å². The molecular weight excluding hydrogens is 260 g/mol. The standard InChI is InChI=1S/C18H22N2O/c1-14(20-11-5-2-6-12-20)18(21)19-17-10-9-15-7-3-4-8-16(15)13-17/h3-4,7-10,13-14H,2,5-6,11-12H2,1H3,(H,19,21)/t14-/m0/s1. The Bertz CT molecular complexity index is 632. The summed E-state index contributed by atoms with van der Waals surface area (Å²) in [6, 6.07) is 14.2. The number of anilines is 1. The average Bonchev–Trinajstić information content (AvgIpc) is 2.55. The van der Waals surface area contributed by atoms with Gasteiger partial charge in [0.05, 0.1) is 6.04 Å². The van der Waals surface area contributed by atoms with Crippen LogP contribution >= 0.6 is 0 Å². The molecule has 1 amide bonds. The molecule has 1 saturated heterocycles. The van der Waals surface area contributed by atoms with Crippen molar-refractivity contribution in [3.8, 4) is 0 Å². The van der Waals surface area contributed by atoms with Gasteiger partial charge in [-0.25, -0.2) is 0 Å². The smallest absolute Gasteiger partial charge is 0.241 e. The molecule has 110 valence electrons. The number of nitrogens with zero attached hydrogens (tertiary/aromatic N) is 1. The van der Waals surface area contributed by atoms with E-state index in [9.17, 15) is 4.79 Å². The summed E-state index contributed by atoms with van der Waals surface area (Å²) in [6.45, 7) is 4.07. The van der Waals surface area contributed by atoms with Crippen molar-refractivity contribution in [1.82, 2.24) is 4.90 Å². The van der Waals surface area contributed by atoms with Crippen LogP contribution in [0.15, 0.2) is 42.5 Å². The van der Waals surface area contributed by atoms with E-state index in [0.717, 1.165) is 24.2 Å². The fourth-order valence-electron chi connectivity index (χ4n) is 2.99. The third-order valence-electron chi connectivity index (χ3n) is 4.33. The van der Waals surface area contributed by atoms with Gasteiger partial charge in [-0.2, -0.15) is 0 Å². The Hall–Kier alpha value is -1.87. The highest BCUT2D eigenvalue weighted by molar-refractivity contribution is 5.97. The summed E-state index contributed by atoms with van der Waals surface area (Å²) in [7, 11) is 0. The van der Waals surface area contributed by atoms with Crippen molar-refractivity contribution in [3.63, 3.8) is 0 Å². The summed E-state index contributed by atoms with van der Waals surface area (Å²) in [5.74, 6) is 0.0900. The number of likely N-dealkylation sites (tertiary alicyclic amines) is 1. The first-order valence-corrected chi connectivity index (χ1v) is 7.78. The molecule has 0 spiro atoms.